The van der Waals surface area contributed by atoms with Gasteiger partial charge in [-0.25, -0.2) is 14.4 Å². The summed E-state index contributed by atoms with van der Waals surface area (Å²) in [4.78, 5) is 51.8. The number of nitrogens with one attached hydrogen (secondary N) is 2. The lowest BCUT2D eigenvalue weighted by molar-refractivity contribution is -0.144. The summed E-state index contributed by atoms with van der Waals surface area (Å²) < 4.78 is 28.0. The van der Waals surface area contributed by atoms with E-state index in [1.807, 2.05) is 0 Å². The molecule has 2 rings (SSSR count). The van der Waals surface area contributed by atoms with Gasteiger partial charge in [0.2, 0.25) is 14.2 Å². The first kappa shape index (κ1) is 34.3. The molecule has 0 fully saturated rings. The van der Waals surface area contributed by atoms with Gasteiger partial charge < -0.3 is 34.0 Å². The van der Waals surface area contributed by atoms with Crippen LogP contribution in [0.4, 0.5) is 4.79 Å². The van der Waals surface area contributed by atoms with Crippen LogP contribution in [0.3, 0.4) is 0 Å². The lowest BCUT2D eigenvalue weighted by atomic mass is 10.0. The average Bonchev–Trinajstić information content (AvgIpc) is 2.83. The first-order valence-electron chi connectivity index (χ1n) is 13.3. The highest BCUT2D eigenvalue weighted by atomic mass is 32.2. The normalized spacial score (nSPS) is 18.9. The van der Waals surface area contributed by atoms with E-state index in [4.69, 9.17) is 23.4 Å². The Kier molecular flexibility index (Phi) is 11.2. The van der Waals surface area contributed by atoms with Gasteiger partial charge in [0.15, 0.2) is 0 Å². The van der Waals surface area contributed by atoms with Gasteiger partial charge in [-0.2, -0.15) is 11.8 Å². The number of hydrogen-bond donors (Lipinski definition) is 2. The fraction of sp³-hybridized carbons (Fsp3) is 0.643. The van der Waals surface area contributed by atoms with Crippen molar-refractivity contribution < 1.29 is 42.6 Å². The zero-order valence-corrected chi connectivity index (χ0v) is 27.8. The van der Waals surface area contributed by atoms with Crippen LogP contribution in [0, 0.1) is 6.92 Å². The quantitative estimate of drug-likeness (QED) is 0.280. The van der Waals surface area contributed by atoms with E-state index in [0.29, 0.717) is 22.6 Å². The van der Waals surface area contributed by atoms with Crippen LogP contribution in [-0.2, 0) is 29.6 Å². The fourth-order valence-corrected chi connectivity index (χ4v) is 5.78. The number of methoxy groups -OCH3 is 2. The summed E-state index contributed by atoms with van der Waals surface area (Å²) in [7, 11) is 0.429. The van der Waals surface area contributed by atoms with Gasteiger partial charge in [-0.3, -0.25) is 4.79 Å². The largest absolute Gasteiger partial charge is 0.543 e. The van der Waals surface area contributed by atoms with Crippen LogP contribution in [0.5, 0.6) is 11.5 Å². The van der Waals surface area contributed by atoms with Crippen molar-refractivity contribution in [3.63, 3.8) is 0 Å². The summed E-state index contributed by atoms with van der Waals surface area (Å²) in [6, 6.07) is -0.587. The van der Waals surface area contributed by atoms with Crippen molar-refractivity contribution >= 4 is 44.0 Å². The molecule has 230 valence electrons. The van der Waals surface area contributed by atoms with Crippen molar-refractivity contribution in [1.29, 1.82) is 0 Å². The second-order valence-electron chi connectivity index (χ2n) is 12.3. The van der Waals surface area contributed by atoms with Crippen molar-refractivity contribution in [2.75, 3.05) is 26.6 Å². The third kappa shape index (κ3) is 9.02. The molecule has 2 atom stereocenters. The van der Waals surface area contributed by atoms with Gasteiger partial charge in [0.25, 0.3) is 0 Å². The summed E-state index contributed by atoms with van der Waals surface area (Å²) in [6.07, 6.45) is -0.881. The van der Waals surface area contributed by atoms with Crippen molar-refractivity contribution in [3.8, 4) is 11.5 Å². The summed E-state index contributed by atoms with van der Waals surface area (Å²) >= 11 is 1.30. The number of cyclic esters (lactones) is 1. The minimum Gasteiger partial charge on any atom is -0.543 e. The molecule has 1 heterocycles. The minimum atomic E-state index is -2.30. The van der Waals surface area contributed by atoms with E-state index in [1.54, 1.807) is 33.8 Å². The topological polar surface area (TPSA) is 138 Å². The number of amides is 2. The van der Waals surface area contributed by atoms with Gasteiger partial charge >= 0.3 is 18.0 Å². The van der Waals surface area contributed by atoms with Crippen LogP contribution >= 0.6 is 11.8 Å². The zero-order chi connectivity index (χ0) is 31.3. The Bertz CT molecular complexity index is 1160. The highest BCUT2D eigenvalue weighted by Gasteiger charge is 2.40. The molecule has 0 unspecified atom stereocenters. The molecule has 0 aromatic heterocycles. The summed E-state index contributed by atoms with van der Waals surface area (Å²) in [5.74, 6) is -0.736. The molecule has 0 saturated heterocycles. The van der Waals surface area contributed by atoms with Gasteiger partial charge in [0, 0.05) is 28.7 Å². The van der Waals surface area contributed by atoms with Gasteiger partial charge in [-0.15, -0.1) is 0 Å². The Balaban J connectivity index is 2.59. The molecule has 0 bridgehead atoms. The predicted molar refractivity (Wildman–Crippen MR) is 159 cm³/mol. The Morgan fingerprint density at radius 3 is 2.27 bits per heavy atom. The summed E-state index contributed by atoms with van der Waals surface area (Å²) in [6.45, 7) is 16.8. The number of thioether (sulfide) groups is 1. The molecule has 1 aromatic rings. The first-order chi connectivity index (χ1) is 18.8. The van der Waals surface area contributed by atoms with Crippen LogP contribution in [-0.4, -0.2) is 76.5 Å². The highest BCUT2D eigenvalue weighted by Crippen LogP contribution is 2.42. The lowest BCUT2D eigenvalue weighted by Crippen LogP contribution is -2.55. The molecule has 13 heteroatoms. The molecule has 1 aliphatic heterocycles. The number of benzene rings is 1. The van der Waals surface area contributed by atoms with E-state index in [-0.39, 0.29) is 22.1 Å². The smallest absolute Gasteiger partial charge is 0.408 e. The van der Waals surface area contributed by atoms with Crippen molar-refractivity contribution in [2.24, 2.45) is 0 Å². The Hall–Kier alpha value is -2.93. The third-order valence-electron chi connectivity index (χ3n) is 6.92. The standard InChI is InChI=1S/C28H44N2O9SSi/c1-16-20(39-41(10,11)28(5,6)7)12-21(35-8)17-14-40-15-19(24(32)36-9)29-23(31)18(13-37-25(33)22(16)17)30-26(34)38-27(2,3)4/h12,18-19H,13-15H2,1-11H3,(H,29,31)(H,30,34)/t18-,19-/m0/s1. The van der Waals surface area contributed by atoms with Crippen LogP contribution < -0.4 is 19.8 Å². The molecule has 0 saturated carbocycles. The molecule has 1 aromatic carbocycles. The van der Waals surface area contributed by atoms with Gasteiger partial charge in [0.1, 0.15) is 35.8 Å². The number of carbonyl (C=O) groups excluding carboxylic acids is 4. The van der Waals surface area contributed by atoms with Crippen molar-refractivity contribution in [1.82, 2.24) is 10.6 Å². The fourth-order valence-electron chi connectivity index (χ4n) is 3.65. The molecular weight excluding hydrogens is 568 g/mol. The SMILES string of the molecule is COC(=O)[C@@H]1CSCc2c(OC)cc(O[Si](C)(C)C(C)(C)C)c(C)c2C(=O)OC[C@H](NC(=O)OC(C)(C)C)C(=O)N1. The molecule has 0 radical (unpaired) electrons. The second kappa shape index (κ2) is 13.4. The van der Waals surface area contributed by atoms with Gasteiger partial charge in [-0.05, 0) is 45.8 Å². The van der Waals surface area contributed by atoms with E-state index in [2.05, 4.69) is 44.5 Å². The van der Waals surface area contributed by atoms with Crippen LogP contribution in [0.1, 0.15) is 63.0 Å². The van der Waals surface area contributed by atoms with Crippen LogP contribution in [0.2, 0.25) is 18.1 Å². The van der Waals surface area contributed by atoms with E-state index in [9.17, 15) is 19.2 Å². The van der Waals surface area contributed by atoms with Gasteiger partial charge in [0.05, 0.1) is 19.8 Å². The molecular formula is C28H44N2O9SSi. The van der Waals surface area contributed by atoms with Gasteiger partial charge in [-0.1, -0.05) is 20.8 Å². The van der Waals surface area contributed by atoms with Crippen LogP contribution in [0.15, 0.2) is 6.07 Å². The number of alkyl carbamates (subject to hydrolysis) is 1. The maximum atomic E-state index is 13.6. The molecule has 2 N–H and O–H groups in total. The average molecular weight is 613 g/mol. The highest BCUT2D eigenvalue weighted by molar-refractivity contribution is 7.98. The molecule has 0 spiro atoms. The monoisotopic (exact) mass is 612 g/mol. The van der Waals surface area contributed by atoms with E-state index < -0.39 is 56.5 Å². The number of carbonyl (C=O) groups is 4. The molecule has 41 heavy (non-hydrogen) atoms. The summed E-state index contributed by atoms with van der Waals surface area (Å²) in [5, 5.41) is 4.93. The number of fused-ring (bicyclic) bond motifs is 1. The van der Waals surface area contributed by atoms with Crippen molar-refractivity contribution in [3.05, 3.63) is 22.8 Å². The number of ether oxygens (including phenoxy) is 4. The Labute approximate surface area is 247 Å². The molecule has 2 amide bonds. The van der Waals surface area contributed by atoms with E-state index in [1.165, 1.54) is 26.0 Å². The summed E-state index contributed by atoms with van der Waals surface area (Å²) in [5.41, 5.74) is 0.548. The third-order valence-corrected chi connectivity index (χ3v) is 12.3. The Morgan fingerprint density at radius 1 is 1.10 bits per heavy atom. The lowest BCUT2D eigenvalue weighted by Gasteiger charge is -2.37. The second-order valence-corrected chi connectivity index (χ2v) is 18.1. The Morgan fingerprint density at radius 2 is 1.73 bits per heavy atom. The maximum Gasteiger partial charge on any atom is 0.408 e. The van der Waals surface area contributed by atoms with E-state index >= 15 is 0 Å². The number of rotatable bonds is 5. The zero-order valence-electron chi connectivity index (χ0n) is 25.9. The number of esters is 2. The maximum absolute atomic E-state index is 13.6. The predicted octanol–water partition coefficient (Wildman–Crippen LogP) is 4.34. The van der Waals surface area contributed by atoms with Crippen molar-refractivity contribution in [2.45, 2.75) is 90.0 Å². The molecule has 1 aliphatic rings. The number of hydrogen-bond acceptors (Lipinski definition) is 10. The molecule has 0 aliphatic carbocycles. The minimum absolute atomic E-state index is 0.102. The van der Waals surface area contributed by atoms with Crippen LogP contribution in [0.25, 0.3) is 0 Å². The van der Waals surface area contributed by atoms with E-state index in [0.717, 1.165) is 0 Å². The first-order valence-corrected chi connectivity index (χ1v) is 17.4. The molecule has 11 nitrogen and oxygen atoms in total.